The highest BCUT2D eigenvalue weighted by molar-refractivity contribution is 6.15. The summed E-state index contributed by atoms with van der Waals surface area (Å²) in [5, 5.41) is 0. The number of rotatable bonds is 2. The predicted octanol–water partition coefficient (Wildman–Crippen LogP) is 0.255. The van der Waals surface area contributed by atoms with Gasteiger partial charge in [0.05, 0.1) is 13.0 Å². The zero-order chi connectivity index (χ0) is 11.6. The van der Waals surface area contributed by atoms with E-state index in [1.807, 2.05) is 0 Å². The van der Waals surface area contributed by atoms with Crippen LogP contribution in [0.5, 0.6) is 0 Å². The van der Waals surface area contributed by atoms with E-state index in [2.05, 4.69) is 0 Å². The van der Waals surface area contributed by atoms with Gasteiger partial charge >= 0.3 is 5.97 Å². The molecule has 0 amide bonds. The lowest BCUT2D eigenvalue weighted by Gasteiger charge is -2.32. The molecule has 2 atom stereocenters. The van der Waals surface area contributed by atoms with Gasteiger partial charge in [0, 0.05) is 0 Å². The molecule has 2 unspecified atom stereocenters. The van der Waals surface area contributed by atoms with Crippen LogP contribution in [0.15, 0.2) is 0 Å². The normalized spacial score (nSPS) is 31.5. The van der Waals surface area contributed by atoms with Crippen molar-refractivity contribution < 1.29 is 23.9 Å². The van der Waals surface area contributed by atoms with Gasteiger partial charge < -0.3 is 9.47 Å². The number of esters is 1. The van der Waals surface area contributed by atoms with Crippen molar-refractivity contribution in [3.05, 3.63) is 0 Å². The number of hydrogen-bond donors (Lipinski definition) is 0. The molecule has 0 aliphatic carbocycles. The van der Waals surface area contributed by atoms with Crippen LogP contribution in [0.4, 0.5) is 0 Å². The second-order valence-electron chi connectivity index (χ2n) is 3.58. The zero-order valence-electron chi connectivity index (χ0n) is 9.03. The minimum absolute atomic E-state index is 0.174. The highest BCUT2D eigenvalue weighted by Gasteiger charge is 2.49. The van der Waals surface area contributed by atoms with Gasteiger partial charge in [-0.3, -0.25) is 9.59 Å². The molecule has 1 aliphatic heterocycles. The molecule has 0 aromatic carbocycles. The third kappa shape index (κ3) is 2.07. The van der Waals surface area contributed by atoms with Crippen LogP contribution in [0.1, 0.15) is 27.2 Å². The van der Waals surface area contributed by atoms with Crippen molar-refractivity contribution in [1.82, 2.24) is 0 Å². The summed E-state index contributed by atoms with van der Waals surface area (Å²) in [6.07, 6.45) is -1.01. The van der Waals surface area contributed by atoms with Gasteiger partial charge in [0.25, 0.3) is 0 Å². The highest BCUT2D eigenvalue weighted by Crippen LogP contribution is 2.24. The lowest BCUT2D eigenvalue weighted by atomic mass is 9.91. The van der Waals surface area contributed by atoms with Gasteiger partial charge in [-0.2, -0.15) is 0 Å². The quantitative estimate of drug-likeness (QED) is 0.487. The third-order valence-corrected chi connectivity index (χ3v) is 2.40. The van der Waals surface area contributed by atoms with E-state index in [4.69, 9.17) is 9.47 Å². The standard InChI is InChI=1S/C10H14O5/c1-4-14-9(13)10(3)8(12)5-7(11)6(2)15-10/h6H,4-5H2,1-3H3. The van der Waals surface area contributed by atoms with Gasteiger partial charge in [-0.05, 0) is 20.8 Å². The molecule has 84 valence electrons. The maximum Gasteiger partial charge on any atom is 0.345 e. The topological polar surface area (TPSA) is 69.7 Å². The lowest BCUT2D eigenvalue weighted by molar-refractivity contribution is -0.187. The van der Waals surface area contributed by atoms with E-state index in [-0.39, 0.29) is 18.8 Å². The second kappa shape index (κ2) is 4.10. The first-order chi connectivity index (χ1) is 6.91. The van der Waals surface area contributed by atoms with Crippen LogP contribution in [-0.2, 0) is 23.9 Å². The first kappa shape index (κ1) is 11.8. The fraction of sp³-hybridized carbons (Fsp3) is 0.700. The largest absolute Gasteiger partial charge is 0.464 e. The molecule has 15 heavy (non-hydrogen) atoms. The molecule has 0 spiro atoms. The average Bonchev–Trinajstić information content (AvgIpc) is 2.15. The van der Waals surface area contributed by atoms with Crippen molar-refractivity contribution in [1.29, 1.82) is 0 Å². The Kier molecular flexibility index (Phi) is 3.24. The van der Waals surface area contributed by atoms with Gasteiger partial charge in [0.1, 0.15) is 6.10 Å². The van der Waals surface area contributed by atoms with Crippen molar-refractivity contribution >= 4 is 17.5 Å². The molecule has 0 aromatic rings. The number of carbonyl (C=O) groups is 3. The molecule has 1 fully saturated rings. The summed E-state index contributed by atoms with van der Waals surface area (Å²) in [7, 11) is 0. The first-order valence-corrected chi connectivity index (χ1v) is 4.83. The first-order valence-electron chi connectivity index (χ1n) is 4.83. The average molecular weight is 214 g/mol. The van der Waals surface area contributed by atoms with E-state index in [1.165, 1.54) is 13.8 Å². The maximum absolute atomic E-state index is 11.5. The Balaban J connectivity index is 2.87. The Hall–Kier alpha value is -1.23. The van der Waals surface area contributed by atoms with Crippen LogP contribution in [-0.4, -0.2) is 35.8 Å². The van der Waals surface area contributed by atoms with Crippen molar-refractivity contribution in [2.75, 3.05) is 6.61 Å². The zero-order valence-corrected chi connectivity index (χ0v) is 9.03. The smallest absolute Gasteiger partial charge is 0.345 e. The van der Waals surface area contributed by atoms with Crippen LogP contribution >= 0.6 is 0 Å². The lowest BCUT2D eigenvalue weighted by Crippen LogP contribution is -2.55. The van der Waals surface area contributed by atoms with Crippen LogP contribution in [0.2, 0.25) is 0 Å². The summed E-state index contributed by atoms with van der Waals surface area (Å²) < 4.78 is 9.88. The molecule has 0 aromatic heterocycles. The summed E-state index contributed by atoms with van der Waals surface area (Å²) in [5.41, 5.74) is -1.62. The monoisotopic (exact) mass is 214 g/mol. The summed E-state index contributed by atoms with van der Waals surface area (Å²) in [6, 6.07) is 0. The van der Waals surface area contributed by atoms with E-state index < -0.39 is 23.5 Å². The van der Waals surface area contributed by atoms with E-state index >= 15 is 0 Å². The second-order valence-corrected chi connectivity index (χ2v) is 3.58. The minimum atomic E-state index is -1.62. The van der Waals surface area contributed by atoms with Gasteiger partial charge in [-0.25, -0.2) is 4.79 Å². The van der Waals surface area contributed by atoms with E-state index in [9.17, 15) is 14.4 Å². The molecule has 0 saturated carbocycles. The molecule has 1 rings (SSSR count). The van der Waals surface area contributed by atoms with E-state index in [0.717, 1.165) is 0 Å². The Labute approximate surface area is 87.7 Å². The molecular weight excluding hydrogens is 200 g/mol. The van der Waals surface area contributed by atoms with Gasteiger partial charge in [0.15, 0.2) is 11.6 Å². The number of hydrogen-bond acceptors (Lipinski definition) is 5. The van der Waals surface area contributed by atoms with Gasteiger partial charge in [-0.1, -0.05) is 0 Å². The Morgan fingerprint density at radius 1 is 1.60 bits per heavy atom. The molecule has 1 aliphatic rings. The number of ketones is 2. The molecule has 5 heteroatoms. The number of carbonyl (C=O) groups excluding carboxylic acids is 3. The maximum atomic E-state index is 11.5. The van der Waals surface area contributed by atoms with Crippen molar-refractivity contribution in [2.24, 2.45) is 0 Å². The molecular formula is C10H14O5. The van der Waals surface area contributed by atoms with Crippen molar-refractivity contribution in [2.45, 2.75) is 38.9 Å². The SMILES string of the molecule is CCOC(=O)C1(C)OC(C)C(=O)CC1=O. The summed E-state index contributed by atoms with van der Waals surface area (Å²) >= 11 is 0. The third-order valence-electron chi connectivity index (χ3n) is 2.40. The van der Waals surface area contributed by atoms with Gasteiger partial charge in [-0.15, -0.1) is 0 Å². The van der Waals surface area contributed by atoms with E-state index in [0.29, 0.717) is 0 Å². The predicted molar refractivity (Wildman–Crippen MR) is 50.2 cm³/mol. The summed E-state index contributed by atoms with van der Waals surface area (Å²) in [4.78, 5) is 34.2. The molecule has 1 heterocycles. The fourth-order valence-electron chi connectivity index (χ4n) is 1.39. The van der Waals surface area contributed by atoms with Crippen LogP contribution in [0, 0.1) is 0 Å². The number of Topliss-reactive ketones (excluding diaryl/α,β-unsaturated/α-hetero) is 2. The Morgan fingerprint density at radius 3 is 2.73 bits per heavy atom. The van der Waals surface area contributed by atoms with Crippen LogP contribution in [0.3, 0.4) is 0 Å². The minimum Gasteiger partial charge on any atom is -0.464 e. The molecule has 5 nitrogen and oxygen atoms in total. The fourth-order valence-corrected chi connectivity index (χ4v) is 1.39. The van der Waals surface area contributed by atoms with Crippen LogP contribution < -0.4 is 0 Å². The van der Waals surface area contributed by atoms with Crippen LogP contribution in [0.25, 0.3) is 0 Å². The Morgan fingerprint density at radius 2 is 2.20 bits per heavy atom. The van der Waals surface area contributed by atoms with Gasteiger partial charge in [0.2, 0.25) is 5.60 Å². The Bertz CT molecular complexity index is 309. The summed E-state index contributed by atoms with van der Waals surface area (Å²) in [5.74, 6) is -1.57. The number of ether oxygens (including phenoxy) is 2. The van der Waals surface area contributed by atoms with Crippen molar-refractivity contribution in [3.8, 4) is 0 Å². The highest BCUT2D eigenvalue weighted by atomic mass is 16.6. The molecule has 0 N–H and O–H groups in total. The van der Waals surface area contributed by atoms with Crippen molar-refractivity contribution in [3.63, 3.8) is 0 Å². The molecule has 0 bridgehead atoms. The summed E-state index contributed by atoms with van der Waals surface area (Å²) in [6.45, 7) is 4.68. The molecule has 1 saturated heterocycles. The molecule has 0 radical (unpaired) electrons. The van der Waals surface area contributed by atoms with E-state index in [1.54, 1.807) is 6.92 Å².